The van der Waals surface area contributed by atoms with E-state index in [1.54, 1.807) is 18.2 Å². The van der Waals surface area contributed by atoms with Crippen LogP contribution in [0, 0.1) is 18.3 Å². The number of halogens is 2. The molecule has 1 amide bonds. The summed E-state index contributed by atoms with van der Waals surface area (Å²) in [5.74, 6) is -0.564. The zero-order chi connectivity index (χ0) is 18.4. The van der Waals surface area contributed by atoms with Crippen LogP contribution in [0.4, 0.5) is 11.4 Å². The topological polar surface area (TPSA) is 64.9 Å². The molecule has 6 heteroatoms. The van der Waals surface area contributed by atoms with Crippen molar-refractivity contribution in [1.82, 2.24) is 0 Å². The van der Waals surface area contributed by atoms with Gasteiger partial charge in [-0.05, 0) is 36.6 Å². The highest BCUT2D eigenvalue weighted by Crippen LogP contribution is 2.29. The Hall–Kier alpha value is -2.48. The van der Waals surface area contributed by atoms with Crippen LogP contribution in [0.15, 0.2) is 48.2 Å². The third-order valence-corrected chi connectivity index (χ3v) is 4.48. The summed E-state index contributed by atoms with van der Waals surface area (Å²) in [5.41, 5.74) is 3.32. The first-order valence-electron chi connectivity index (χ1n) is 7.68. The Balaban J connectivity index is 2.22. The molecule has 2 N–H and O–H groups in total. The van der Waals surface area contributed by atoms with Crippen molar-refractivity contribution in [2.75, 3.05) is 10.6 Å². The van der Waals surface area contributed by atoms with Crippen molar-refractivity contribution in [3.63, 3.8) is 0 Å². The lowest BCUT2D eigenvalue weighted by Crippen LogP contribution is -2.15. The van der Waals surface area contributed by atoms with Crippen LogP contribution in [0.3, 0.4) is 0 Å². The maximum absolute atomic E-state index is 12.3. The summed E-state index contributed by atoms with van der Waals surface area (Å²) in [6.07, 6.45) is 2.24. The number of nitrogens with one attached hydrogen (secondary N) is 2. The second kappa shape index (κ2) is 8.57. The van der Waals surface area contributed by atoms with E-state index in [1.165, 1.54) is 6.20 Å². The van der Waals surface area contributed by atoms with E-state index in [4.69, 9.17) is 23.2 Å². The molecule has 0 aromatic heterocycles. The van der Waals surface area contributed by atoms with E-state index in [2.05, 4.69) is 10.6 Å². The van der Waals surface area contributed by atoms with Gasteiger partial charge in [-0.3, -0.25) is 4.79 Å². The highest BCUT2D eigenvalue weighted by Gasteiger charge is 2.13. The molecule has 0 saturated heterocycles. The molecule has 25 heavy (non-hydrogen) atoms. The molecular formula is C19H17Cl2N3O. The number of benzene rings is 2. The van der Waals surface area contributed by atoms with Gasteiger partial charge in [-0.2, -0.15) is 5.26 Å². The van der Waals surface area contributed by atoms with Gasteiger partial charge in [0, 0.05) is 11.9 Å². The van der Waals surface area contributed by atoms with Gasteiger partial charge < -0.3 is 10.6 Å². The summed E-state index contributed by atoms with van der Waals surface area (Å²) in [4.78, 5) is 12.3. The predicted molar refractivity (Wildman–Crippen MR) is 103 cm³/mol. The number of carbonyl (C=O) groups excluding carboxylic acids is 1. The Kier molecular flexibility index (Phi) is 6.46. The third kappa shape index (κ3) is 4.54. The van der Waals surface area contributed by atoms with E-state index in [0.29, 0.717) is 10.7 Å². The van der Waals surface area contributed by atoms with Crippen molar-refractivity contribution in [3.05, 3.63) is 69.3 Å². The number of para-hydroxylation sites is 1. The fourth-order valence-electron chi connectivity index (χ4n) is 2.31. The number of nitrogens with zero attached hydrogens (tertiary/aromatic N) is 1. The molecule has 0 radical (unpaired) electrons. The van der Waals surface area contributed by atoms with Crippen LogP contribution >= 0.6 is 23.2 Å². The van der Waals surface area contributed by atoms with Gasteiger partial charge >= 0.3 is 0 Å². The highest BCUT2D eigenvalue weighted by atomic mass is 35.5. The van der Waals surface area contributed by atoms with Gasteiger partial charge in [0.25, 0.3) is 5.91 Å². The summed E-state index contributed by atoms with van der Waals surface area (Å²) in [7, 11) is 0. The molecule has 2 aromatic carbocycles. The number of carbonyl (C=O) groups is 1. The predicted octanol–water partition coefficient (Wildman–Crippen LogP) is 5.32. The zero-order valence-electron chi connectivity index (χ0n) is 13.9. The van der Waals surface area contributed by atoms with E-state index < -0.39 is 5.91 Å². The quantitative estimate of drug-likeness (QED) is 0.550. The Morgan fingerprint density at radius 2 is 1.96 bits per heavy atom. The van der Waals surface area contributed by atoms with Crippen LogP contribution in [-0.2, 0) is 11.2 Å². The molecule has 0 spiro atoms. The van der Waals surface area contributed by atoms with Gasteiger partial charge in [-0.15, -0.1) is 0 Å². The number of anilines is 2. The van der Waals surface area contributed by atoms with Crippen molar-refractivity contribution in [3.8, 4) is 6.07 Å². The molecule has 2 aromatic rings. The van der Waals surface area contributed by atoms with Crippen LogP contribution in [0.5, 0.6) is 0 Å². The lowest BCUT2D eigenvalue weighted by Gasteiger charge is -2.12. The standard InChI is InChI=1S/C19H17Cl2N3O/c1-3-13-7-4-6-12(2)18(13)23-11-14(10-22)19(25)24-16-9-5-8-15(20)17(16)21/h4-9,11,23H,3H2,1-2H3,(H,24,25)/b14-11-. The minimum absolute atomic E-state index is 0.0682. The number of hydrogen-bond acceptors (Lipinski definition) is 3. The molecule has 0 saturated carbocycles. The van der Waals surface area contributed by atoms with Crippen LogP contribution in [0.2, 0.25) is 10.0 Å². The van der Waals surface area contributed by atoms with Crippen molar-refractivity contribution in [2.45, 2.75) is 20.3 Å². The SMILES string of the molecule is CCc1cccc(C)c1N/C=C(/C#N)C(=O)Nc1cccc(Cl)c1Cl. The number of nitriles is 1. The molecule has 0 aliphatic heterocycles. The maximum Gasteiger partial charge on any atom is 0.267 e. The van der Waals surface area contributed by atoms with Crippen molar-refractivity contribution < 1.29 is 4.79 Å². The summed E-state index contributed by atoms with van der Waals surface area (Å²) in [5, 5.41) is 15.5. The zero-order valence-corrected chi connectivity index (χ0v) is 15.4. The molecule has 128 valence electrons. The monoisotopic (exact) mass is 373 g/mol. The summed E-state index contributed by atoms with van der Waals surface area (Å²) < 4.78 is 0. The van der Waals surface area contributed by atoms with Crippen molar-refractivity contribution >= 4 is 40.5 Å². The Morgan fingerprint density at radius 3 is 2.64 bits per heavy atom. The number of aryl methyl sites for hydroxylation is 2. The average Bonchev–Trinajstić information content (AvgIpc) is 2.60. The molecule has 0 atom stereocenters. The summed E-state index contributed by atoms with van der Waals surface area (Å²) in [6.45, 7) is 4.01. The first-order valence-corrected chi connectivity index (χ1v) is 8.44. The first kappa shape index (κ1) is 18.9. The van der Waals surface area contributed by atoms with Crippen LogP contribution in [0.25, 0.3) is 0 Å². The molecule has 0 aliphatic rings. The van der Waals surface area contributed by atoms with Gasteiger partial charge in [-0.1, -0.05) is 54.4 Å². The number of rotatable bonds is 5. The Labute approximate surface area is 157 Å². The van der Waals surface area contributed by atoms with E-state index in [-0.39, 0.29) is 10.6 Å². The normalized spacial score (nSPS) is 10.9. The fraction of sp³-hybridized carbons (Fsp3) is 0.158. The lowest BCUT2D eigenvalue weighted by molar-refractivity contribution is -0.112. The van der Waals surface area contributed by atoms with Gasteiger partial charge in [0.2, 0.25) is 0 Å². The second-order valence-electron chi connectivity index (χ2n) is 5.33. The van der Waals surface area contributed by atoms with Crippen LogP contribution < -0.4 is 10.6 Å². The molecular weight excluding hydrogens is 357 g/mol. The minimum Gasteiger partial charge on any atom is -0.360 e. The van der Waals surface area contributed by atoms with Gasteiger partial charge in [0.15, 0.2) is 0 Å². The minimum atomic E-state index is -0.564. The van der Waals surface area contributed by atoms with Gasteiger partial charge in [0.1, 0.15) is 11.6 Å². The summed E-state index contributed by atoms with van der Waals surface area (Å²) >= 11 is 12.0. The first-order chi connectivity index (χ1) is 12.0. The van der Waals surface area contributed by atoms with Crippen LogP contribution in [0.1, 0.15) is 18.1 Å². The molecule has 0 heterocycles. The van der Waals surface area contributed by atoms with E-state index in [1.807, 2.05) is 38.1 Å². The van der Waals surface area contributed by atoms with E-state index in [0.717, 1.165) is 23.2 Å². The van der Waals surface area contributed by atoms with Crippen LogP contribution in [-0.4, -0.2) is 5.91 Å². The second-order valence-corrected chi connectivity index (χ2v) is 6.12. The lowest BCUT2D eigenvalue weighted by atomic mass is 10.1. The summed E-state index contributed by atoms with van der Waals surface area (Å²) in [6, 6.07) is 12.7. The van der Waals surface area contributed by atoms with E-state index in [9.17, 15) is 10.1 Å². The smallest absolute Gasteiger partial charge is 0.267 e. The molecule has 0 unspecified atom stereocenters. The maximum atomic E-state index is 12.3. The van der Waals surface area contributed by atoms with Crippen molar-refractivity contribution in [1.29, 1.82) is 5.26 Å². The molecule has 0 aliphatic carbocycles. The number of amides is 1. The molecule has 0 bridgehead atoms. The van der Waals surface area contributed by atoms with Gasteiger partial charge in [0.05, 0.1) is 15.7 Å². The van der Waals surface area contributed by atoms with Gasteiger partial charge in [-0.25, -0.2) is 0 Å². The fourth-order valence-corrected chi connectivity index (χ4v) is 2.66. The van der Waals surface area contributed by atoms with Crippen molar-refractivity contribution in [2.24, 2.45) is 0 Å². The molecule has 4 nitrogen and oxygen atoms in total. The van der Waals surface area contributed by atoms with E-state index >= 15 is 0 Å². The molecule has 2 rings (SSSR count). The number of hydrogen-bond donors (Lipinski definition) is 2. The Bertz CT molecular complexity index is 869. The third-order valence-electron chi connectivity index (χ3n) is 3.67. The average molecular weight is 374 g/mol. The molecule has 0 fully saturated rings. The highest BCUT2D eigenvalue weighted by molar-refractivity contribution is 6.44. The Morgan fingerprint density at radius 1 is 1.24 bits per heavy atom. The largest absolute Gasteiger partial charge is 0.360 e.